The van der Waals surface area contributed by atoms with Gasteiger partial charge in [-0.2, -0.15) is 0 Å². The summed E-state index contributed by atoms with van der Waals surface area (Å²) in [5.74, 6) is 1.34. The number of ether oxygens (including phenoxy) is 2. The molecule has 0 saturated carbocycles. The first-order valence-corrected chi connectivity index (χ1v) is 7.93. The van der Waals surface area contributed by atoms with E-state index < -0.39 is 0 Å². The van der Waals surface area contributed by atoms with Gasteiger partial charge in [-0.05, 0) is 24.3 Å². The number of carbonyl (C=O) groups excluding carboxylic acids is 1. The van der Waals surface area contributed by atoms with Crippen LogP contribution in [0.5, 0.6) is 11.5 Å². The molecule has 2 aromatic heterocycles. The zero-order chi connectivity index (χ0) is 17.2. The number of hydrogen-bond acceptors (Lipinski definition) is 5. The van der Waals surface area contributed by atoms with E-state index in [2.05, 4.69) is 15.3 Å². The van der Waals surface area contributed by atoms with Crippen LogP contribution < -0.4 is 14.8 Å². The Kier molecular flexibility index (Phi) is 3.99. The molecular weight excluding hydrogens is 344 g/mol. The molecule has 0 spiro atoms. The second-order valence-corrected chi connectivity index (χ2v) is 5.72. The zero-order valence-electron chi connectivity index (χ0n) is 13.0. The Morgan fingerprint density at radius 3 is 2.88 bits per heavy atom. The highest BCUT2D eigenvalue weighted by atomic mass is 35.5. The van der Waals surface area contributed by atoms with Gasteiger partial charge in [0.1, 0.15) is 25.4 Å². The highest BCUT2D eigenvalue weighted by Crippen LogP contribution is 2.38. The molecule has 4 rings (SSSR count). The van der Waals surface area contributed by atoms with Gasteiger partial charge in [0.15, 0.2) is 11.5 Å². The van der Waals surface area contributed by atoms with E-state index in [-0.39, 0.29) is 5.91 Å². The van der Waals surface area contributed by atoms with Crippen molar-refractivity contribution in [1.29, 1.82) is 0 Å². The summed E-state index contributed by atoms with van der Waals surface area (Å²) in [5.41, 5.74) is 0.952. The van der Waals surface area contributed by atoms with Gasteiger partial charge in [-0.1, -0.05) is 11.6 Å². The van der Waals surface area contributed by atoms with Crippen LogP contribution in [0.4, 0.5) is 5.69 Å². The van der Waals surface area contributed by atoms with Crippen LogP contribution >= 0.6 is 11.6 Å². The molecule has 1 aliphatic rings. The fourth-order valence-electron chi connectivity index (χ4n) is 2.45. The largest absolute Gasteiger partial charge is 0.486 e. The predicted molar refractivity (Wildman–Crippen MR) is 91.8 cm³/mol. The van der Waals surface area contributed by atoms with Crippen molar-refractivity contribution in [3.63, 3.8) is 0 Å². The average molecular weight is 357 g/mol. The predicted octanol–water partition coefficient (Wildman–Crippen LogP) is 2.94. The van der Waals surface area contributed by atoms with E-state index in [1.54, 1.807) is 53.8 Å². The number of hydrogen-bond donors (Lipinski definition) is 1. The van der Waals surface area contributed by atoms with E-state index >= 15 is 0 Å². The van der Waals surface area contributed by atoms with Crippen molar-refractivity contribution in [2.24, 2.45) is 0 Å². The van der Waals surface area contributed by atoms with Crippen molar-refractivity contribution in [3.05, 3.63) is 59.8 Å². The lowest BCUT2D eigenvalue weighted by Crippen LogP contribution is -2.17. The number of pyridine rings is 1. The average Bonchev–Trinajstić information content (AvgIpc) is 3.17. The first-order valence-electron chi connectivity index (χ1n) is 7.55. The summed E-state index contributed by atoms with van der Waals surface area (Å²) in [6.07, 6.45) is 6.69. The molecule has 0 radical (unpaired) electrons. The van der Waals surface area contributed by atoms with Gasteiger partial charge in [0.2, 0.25) is 0 Å². The number of benzene rings is 1. The normalized spacial score (nSPS) is 12.7. The smallest absolute Gasteiger partial charge is 0.255 e. The van der Waals surface area contributed by atoms with Gasteiger partial charge in [0.05, 0.1) is 16.9 Å². The minimum absolute atomic E-state index is 0.309. The molecule has 0 aliphatic carbocycles. The maximum Gasteiger partial charge on any atom is 0.255 e. The number of imidazole rings is 1. The van der Waals surface area contributed by atoms with E-state index in [4.69, 9.17) is 21.1 Å². The van der Waals surface area contributed by atoms with E-state index in [0.29, 0.717) is 46.8 Å². The van der Waals surface area contributed by atoms with E-state index in [1.165, 1.54) is 0 Å². The summed E-state index contributed by atoms with van der Waals surface area (Å²) < 4.78 is 12.7. The fourth-order valence-corrected chi connectivity index (χ4v) is 2.72. The van der Waals surface area contributed by atoms with Gasteiger partial charge in [0.25, 0.3) is 5.91 Å². The lowest BCUT2D eigenvalue weighted by Gasteiger charge is -2.20. The van der Waals surface area contributed by atoms with Crippen molar-refractivity contribution >= 4 is 23.2 Å². The number of nitrogens with zero attached hydrogens (tertiary/aromatic N) is 3. The molecule has 126 valence electrons. The Bertz CT molecular complexity index is 910. The number of fused-ring (bicyclic) bond motifs is 1. The number of aromatic nitrogens is 3. The summed E-state index contributed by atoms with van der Waals surface area (Å²) in [6, 6.07) is 6.72. The number of halogens is 1. The van der Waals surface area contributed by atoms with Crippen LogP contribution in [0.15, 0.2) is 49.2 Å². The molecule has 0 atom stereocenters. The van der Waals surface area contributed by atoms with Crippen molar-refractivity contribution < 1.29 is 14.3 Å². The van der Waals surface area contributed by atoms with Crippen LogP contribution in [0.3, 0.4) is 0 Å². The zero-order valence-corrected chi connectivity index (χ0v) is 13.7. The van der Waals surface area contributed by atoms with Crippen molar-refractivity contribution in [1.82, 2.24) is 14.5 Å². The van der Waals surface area contributed by atoms with Crippen LogP contribution in [0.2, 0.25) is 5.02 Å². The summed E-state index contributed by atoms with van der Waals surface area (Å²) in [5, 5.41) is 3.13. The van der Waals surface area contributed by atoms with Gasteiger partial charge in [-0.15, -0.1) is 0 Å². The molecule has 25 heavy (non-hydrogen) atoms. The third-order valence-corrected chi connectivity index (χ3v) is 3.91. The monoisotopic (exact) mass is 356 g/mol. The lowest BCUT2D eigenvalue weighted by molar-refractivity contribution is 0.102. The fraction of sp³-hybridized carbons (Fsp3) is 0.118. The molecular formula is C17H13ClN4O3. The first kappa shape index (κ1) is 15.5. The maximum absolute atomic E-state index is 12.5. The van der Waals surface area contributed by atoms with Crippen LogP contribution in [0.1, 0.15) is 10.4 Å². The quantitative estimate of drug-likeness (QED) is 0.780. The second-order valence-electron chi connectivity index (χ2n) is 5.31. The number of amides is 1. The first-order chi connectivity index (χ1) is 12.2. The van der Waals surface area contributed by atoms with Crippen molar-refractivity contribution in [2.75, 3.05) is 18.5 Å². The Balaban J connectivity index is 1.53. The topological polar surface area (TPSA) is 78.3 Å². The van der Waals surface area contributed by atoms with Gasteiger partial charge in [0, 0.05) is 18.0 Å². The molecule has 1 aromatic carbocycles. The molecule has 0 saturated heterocycles. The Morgan fingerprint density at radius 1 is 1.24 bits per heavy atom. The third-order valence-electron chi connectivity index (χ3n) is 3.63. The highest BCUT2D eigenvalue weighted by molar-refractivity contribution is 6.32. The summed E-state index contributed by atoms with van der Waals surface area (Å²) in [4.78, 5) is 20.7. The van der Waals surface area contributed by atoms with E-state index in [0.717, 1.165) is 0 Å². The highest BCUT2D eigenvalue weighted by Gasteiger charge is 2.19. The van der Waals surface area contributed by atoms with E-state index in [1.807, 2.05) is 0 Å². The molecule has 0 bridgehead atoms. The van der Waals surface area contributed by atoms with Crippen LogP contribution in [-0.4, -0.2) is 33.7 Å². The number of carbonyl (C=O) groups is 1. The minimum atomic E-state index is -0.309. The van der Waals surface area contributed by atoms with Crippen molar-refractivity contribution in [3.8, 4) is 17.3 Å². The summed E-state index contributed by atoms with van der Waals surface area (Å²) >= 11 is 6.17. The number of anilines is 1. The van der Waals surface area contributed by atoms with E-state index in [9.17, 15) is 4.79 Å². The summed E-state index contributed by atoms with van der Waals surface area (Å²) in [7, 11) is 0. The standard InChI is InChI=1S/C17H13ClN4O3/c18-13-7-11(8-14-16(13)25-6-5-24-14)17(23)21-12-1-2-15(20-9-12)22-4-3-19-10-22/h1-4,7-10H,5-6H2,(H,21,23). The Hall–Kier alpha value is -3.06. The molecule has 3 aromatic rings. The van der Waals surface area contributed by atoms with Gasteiger partial charge in [-0.25, -0.2) is 9.97 Å². The van der Waals surface area contributed by atoms with Crippen LogP contribution in [0, 0.1) is 0 Å². The molecule has 0 unspecified atom stereocenters. The molecule has 0 fully saturated rings. The molecule has 7 nitrogen and oxygen atoms in total. The van der Waals surface area contributed by atoms with Crippen LogP contribution in [0.25, 0.3) is 5.82 Å². The molecule has 8 heteroatoms. The Labute approximate surface area is 148 Å². The maximum atomic E-state index is 12.5. The van der Waals surface area contributed by atoms with Crippen molar-refractivity contribution in [2.45, 2.75) is 0 Å². The SMILES string of the molecule is O=C(Nc1ccc(-n2ccnc2)nc1)c1cc(Cl)c2c(c1)OCCO2. The second kappa shape index (κ2) is 6.45. The number of nitrogens with one attached hydrogen (secondary N) is 1. The molecule has 1 N–H and O–H groups in total. The van der Waals surface area contributed by atoms with Gasteiger partial charge >= 0.3 is 0 Å². The number of rotatable bonds is 3. The third kappa shape index (κ3) is 3.14. The summed E-state index contributed by atoms with van der Waals surface area (Å²) in [6.45, 7) is 0.862. The molecule has 3 heterocycles. The lowest BCUT2D eigenvalue weighted by atomic mass is 10.1. The van der Waals surface area contributed by atoms with Gasteiger partial charge < -0.3 is 14.8 Å². The minimum Gasteiger partial charge on any atom is -0.486 e. The molecule has 1 aliphatic heterocycles. The molecule has 1 amide bonds. The van der Waals surface area contributed by atoms with Crippen LogP contribution in [-0.2, 0) is 0 Å². The van der Waals surface area contributed by atoms with Gasteiger partial charge in [-0.3, -0.25) is 9.36 Å². The Morgan fingerprint density at radius 2 is 2.12 bits per heavy atom.